The highest BCUT2D eigenvalue weighted by molar-refractivity contribution is 5.69. The maximum absolute atomic E-state index is 13.3. The number of benzene rings is 1. The number of methoxy groups -OCH3 is 1. The van der Waals surface area contributed by atoms with E-state index in [1.54, 1.807) is 0 Å². The van der Waals surface area contributed by atoms with Gasteiger partial charge in [-0.2, -0.15) is 0 Å². The summed E-state index contributed by atoms with van der Waals surface area (Å²) in [7, 11) is 1.27. The summed E-state index contributed by atoms with van der Waals surface area (Å²) < 4.78 is 30.3. The molecule has 0 aliphatic carbocycles. The van der Waals surface area contributed by atoms with Crippen LogP contribution >= 0.6 is 0 Å². The average Bonchev–Trinajstić information content (AvgIpc) is 2.25. The third-order valence-electron chi connectivity index (χ3n) is 2.25. The second-order valence-corrected chi connectivity index (χ2v) is 3.39. The van der Waals surface area contributed by atoms with Crippen LogP contribution in [0.2, 0.25) is 0 Å². The number of ether oxygens (including phenoxy) is 1. The standard InChI is InChI=1S/C11H13F2NO2/c1-16-11(15)5-4-10(14)8-3-2-7(12)6-9(8)13/h2-3,6,10H,4-5,14H2,1H3. The minimum Gasteiger partial charge on any atom is -0.469 e. The van der Waals surface area contributed by atoms with Crippen LogP contribution in [-0.4, -0.2) is 13.1 Å². The molecule has 0 saturated carbocycles. The summed E-state index contributed by atoms with van der Waals surface area (Å²) in [6, 6.07) is 2.55. The number of rotatable bonds is 4. The van der Waals surface area contributed by atoms with Crippen molar-refractivity contribution in [3.05, 3.63) is 35.4 Å². The average molecular weight is 229 g/mol. The van der Waals surface area contributed by atoms with Crippen molar-refractivity contribution in [3.8, 4) is 0 Å². The van der Waals surface area contributed by atoms with E-state index in [9.17, 15) is 13.6 Å². The molecule has 1 atom stereocenters. The molecule has 1 aromatic carbocycles. The van der Waals surface area contributed by atoms with Gasteiger partial charge in [0.15, 0.2) is 0 Å². The van der Waals surface area contributed by atoms with Gasteiger partial charge >= 0.3 is 5.97 Å². The number of nitrogens with two attached hydrogens (primary N) is 1. The SMILES string of the molecule is COC(=O)CCC(N)c1ccc(F)cc1F. The first kappa shape index (κ1) is 12.6. The normalized spacial score (nSPS) is 12.2. The van der Waals surface area contributed by atoms with Gasteiger partial charge in [-0.15, -0.1) is 0 Å². The van der Waals surface area contributed by atoms with E-state index >= 15 is 0 Å². The Hall–Kier alpha value is -1.49. The fraction of sp³-hybridized carbons (Fsp3) is 0.364. The van der Waals surface area contributed by atoms with Crippen molar-refractivity contribution in [3.63, 3.8) is 0 Å². The van der Waals surface area contributed by atoms with Gasteiger partial charge in [-0.1, -0.05) is 6.07 Å². The molecule has 0 radical (unpaired) electrons. The molecule has 0 heterocycles. The molecule has 1 rings (SSSR count). The highest BCUT2D eigenvalue weighted by atomic mass is 19.1. The number of esters is 1. The van der Waals surface area contributed by atoms with Crippen molar-refractivity contribution in [1.82, 2.24) is 0 Å². The monoisotopic (exact) mass is 229 g/mol. The molecule has 2 N–H and O–H groups in total. The predicted molar refractivity (Wildman–Crippen MR) is 54.5 cm³/mol. The number of hydrogen-bond donors (Lipinski definition) is 1. The summed E-state index contributed by atoms with van der Waals surface area (Å²) in [5.41, 5.74) is 5.88. The number of halogens is 2. The Balaban J connectivity index is 2.65. The van der Waals surface area contributed by atoms with Crippen molar-refractivity contribution in [2.45, 2.75) is 18.9 Å². The van der Waals surface area contributed by atoms with Crippen LogP contribution in [0.25, 0.3) is 0 Å². The Morgan fingerprint density at radius 1 is 1.50 bits per heavy atom. The molecule has 0 aliphatic heterocycles. The van der Waals surface area contributed by atoms with Crippen LogP contribution in [0.1, 0.15) is 24.4 Å². The van der Waals surface area contributed by atoms with E-state index in [4.69, 9.17) is 5.73 Å². The lowest BCUT2D eigenvalue weighted by atomic mass is 10.0. The van der Waals surface area contributed by atoms with Crippen molar-refractivity contribution < 1.29 is 18.3 Å². The Morgan fingerprint density at radius 3 is 2.75 bits per heavy atom. The zero-order chi connectivity index (χ0) is 12.1. The predicted octanol–water partition coefficient (Wildman–Crippen LogP) is 1.92. The van der Waals surface area contributed by atoms with E-state index < -0.39 is 23.6 Å². The zero-order valence-corrected chi connectivity index (χ0v) is 8.87. The zero-order valence-electron chi connectivity index (χ0n) is 8.87. The highest BCUT2D eigenvalue weighted by Gasteiger charge is 2.13. The molecule has 0 spiro atoms. The lowest BCUT2D eigenvalue weighted by Crippen LogP contribution is -2.14. The quantitative estimate of drug-likeness (QED) is 0.802. The first-order valence-electron chi connectivity index (χ1n) is 4.82. The lowest BCUT2D eigenvalue weighted by molar-refractivity contribution is -0.140. The van der Waals surface area contributed by atoms with Gasteiger partial charge in [0.05, 0.1) is 7.11 Å². The molecule has 0 fully saturated rings. The minimum absolute atomic E-state index is 0.106. The van der Waals surface area contributed by atoms with Gasteiger partial charge in [0.1, 0.15) is 11.6 Å². The van der Waals surface area contributed by atoms with Crippen LogP contribution in [0.15, 0.2) is 18.2 Å². The number of hydrogen-bond acceptors (Lipinski definition) is 3. The maximum atomic E-state index is 13.3. The molecule has 0 aromatic heterocycles. The first-order chi connectivity index (χ1) is 7.54. The summed E-state index contributed by atoms with van der Waals surface area (Å²) in [5, 5.41) is 0. The highest BCUT2D eigenvalue weighted by Crippen LogP contribution is 2.20. The van der Waals surface area contributed by atoms with Crippen molar-refractivity contribution >= 4 is 5.97 Å². The van der Waals surface area contributed by atoms with E-state index in [1.807, 2.05) is 0 Å². The summed E-state index contributed by atoms with van der Waals surface area (Å²) in [4.78, 5) is 10.9. The van der Waals surface area contributed by atoms with E-state index in [2.05, 4.69) is 4.74 Å². The van der Waals surface area contributed by atoms with E-state index in [0.29, 0.717) is 0 Å². The fourth-order valence-electron chi connectivity index (χ4n) is 1.33. The van der Waals surface area contributed by atoms with Crippen LogP contribution in [-0.2, 0) is 9.53 Å². The van der Waals surface area contributed by atoms with E-state index in [-0.39, 0.29) is 18.4 Å². The summed E-state index contributed by atoms with van der Waals surface area (Å²) >= 11 is 0. The van der Waals surface area contributed by atoms with Crippen LogP contribution in [0, 0.1) is 11.6 Å². The van der Waals surface area contributed by atoms with Crippen LogP contribution in [0.4, 0.5) is 8.78 Å². The molecular weight excluding hydrogens is 216 g/mol. The van der Waals surface area contributed by atoms with Crippen molar-refractivity contribution in [1.29, 1.82) is 0 Å². The Kier molecular flexibility index (Phi) is 4.37. The first-order valence-corrected chi connectivity index (χ1v) is 4.82. The van der Waals surface area contributed by atoms with Gasteiger partial charge in [0.25, 0.3) is 0 Å². The molecule has 3 nitrogen and oxygen atoms in total. The molecule has 0 aliphatic rings. The van der Waals surface area contributed by atoms with E-state index in [0.717, 1.165) is 12.1 Å². The molecule has 0 bridgehead atoms. The third kappa shape index (κ3) is 3.27. The summed E-state index contributed by atoms with van der Waals surface area (Å²) in [5.74, 6) is -1.75. The van der Waals surface area contributed by atoms with Crippen LogP contribution < -0.4 is 5.73 Å². The van der Waals surface area contributed by atoms with Gasteiger partial charge < -0.3 is 10.5 Å². The molecule has 0 amide bonds. The largest absolute Gasteiger partial charge is 0.469 e. The van der Waals surface area contributed by atoms with Gasteiger partial charge in [-0.3, -0.25) is 4.79 Å². The molecule has 1 unspecified atom stereocenters. The number of carbonyl (C=O) groups excluding carboxylic acids is 1. The number of carbonyl (C=O) groups is 1. The lowest BCUT2D eigenvalue weighted by Gasteiger charge is -2.12. The molecule has 88 valence electrons. The molecule has 0 saturated heterocycles. The Bertz CT molecular complexity index is 382. The molecular formula is C11H13F2NO2. The van der Waals surface area contributed by atoms with Gasteiger partial charge in [-0.25, -0.2) is 8.78 Å². The second kappa shape index (κ2) is 5.55. The summed E-state index contributed by atoms with van der Waals surface area (Å²) in [6.45, 7) is 0. The van der Waals surface area contributed by atoms with Crippen LogP contribution in [0.3, 0.4) is 0 Å². The van der Waals surface area contributed by atoms with Crippen LogP contribution in [0.5, 0.6) is 0 Å². The van der Waals surface area contributed by atoms with Crippen molar-refractivity contribution in [2.24, 2.45) is 5.73 Å². The smallest absolute Gasteiger partial charge is 0.305 e. The molecule has 5 heteroatoms. The second-order valence-electron chi connectivity index (χ2n) is 3.39. The van der Waals surface area contributed by atoms with Crippen molar-refractivity contribution in [2.75, 3.05) is 7.11 Å². The van der Waals surface area contributed by atoms with Gasteiger partial charge in [0, 0.05) is 24.1 Å². The Labute approximate surface area is 92.2 Å². The third-order valence-corrected chi connectivity index (χ3v) is 2.25. The van der Waals surface area contributed by atoms with Gasteiger partial charge in [0.2, 0.25) is 0 Å². The van der Waals surface area contributed by atoms with E-state index in [1.165, 1.54) is 13.2 Å². The molecule has 16 heavy (non-hydrogen) atoms. The minimum atomic E-state index is -0.697. The molecule has 1 aromatic rings. The summed E-state index contributed by atoms with van der Waals surface area (Å²) in [6.07, 6.45) is 0.365. The fourth-order valence-corrected chi connectivity index (χ4v) is 1.33. The Morgan fingerprint density at radius 2 is 2.19 bits per heavy atom. The van der Waals surface area contributed by atoms with Gasteiger partial charge in [-0.05, 0) is 12.5 Å². The topological polar surface area (TPSA) is 52.3 Å². The maximum Gasteiger partial charge on any atom is 0.305 e.